The van der Waals surface area contributed by atoms with Crippen LogP contribution in [-0.4, -0.2) is 9.97 Å². The van der Waals surface area contributed by atoms with Gasteiger partial charge in [0.05, 0.1) is 16.8 Å². The molecule has 0 bridgehead atoms. The lowest BCUT2D eigenvalue weighted by molar-refractivity contribution is 0.768. The second-order valence-corrected chi connectivity index (χ2v) is 15.7. The lowest BCUT2D eigenvalue weighted by Gasteiger charge is -2.33. The predicted molar refractivity (Wildman–Crippen MR) is 252 cm³/mol. The third-order valence-corrected chi connectivity index (χ3v) is 12.2. The quantitative estimate of drug-likeness (QED) is 0.154. The Morgan fingerprint density at radius 2 is 0.639 bits per heavy atom. The molecule has 0 radical (unpaired) electrons. The van der Waals surface area contributed by atoms with Crippen LogP contribution in [0.4, 0.5) is 0 Å². The Labute approximate surface area is 357 Å². The zero-order chi connectivity index (χ0) is 40.6. The fraction of sp³-hybridized carbons (Fsp3) is 0.0169. The van der Waals surface area contributed by atoms with Crippen molar-refractivity contribution in [1.29, 1.82) is 0 Å². The molecular formula is C59H40N2. The van der Waals surface area contributed by atoms with Crippen LogP contribution in [0.1, 0.15) is 22.3 Å². The molecule has 0 aliphatic heterocycles. The zero-order valence-corrected chi connectivity index (χ0v) is 33.5. The van der Waals surface area contributed by atoms with Crippen molar-refractivity contribution in [3.8, 4) is 78.4 Å². The second kappa shape index (κ2) is 15.3. The standard InChI is InChI=1S/C59H40N2/c1-5-18-41(19-6-1)56-40-57(61-58(60-56)42-20-7-2-8-21-42)49-27-17-26-47(38-49)45-24-15-22-43(36-45)44-23-16-25-46(37-44)48-34-35-55-53(39-48)52-32-13-14-33-54(52)59(55,50-28-9-3-10-29-50)51-30-11-4-12-31-51/h1-40H. The summed E-state index contributed by atoms with van der Waals surface area (Å²) >= 11 is 0. The van der Waals surface area contributed by atoms with Gasteiger partial charge in [0.1, 0.15) is 0 Å². The second-order valence-electron chi connectivity index (χ2n) is 15.7. The van der Waals surface area contributed by atoms with Crippen LogP contribution in [0.3, 0.4) is 0 Å². The summed E-state index contributed by atoms with van der Waals surface area (Å²) in [5, 5.41) is 0. The molecule has 2 heteroatoms. The van der Waals surface area contributed by atoms with Crippen molar-refractivity contribution in [2.75, 3.05) is 0 Å². The SMILES string of the molecule is c1ccc(-c2cc(-c3cccc(-c4cccc(-c5cccc(-c6ccc7c(c6)-c6ccccc6C7(c6ccccc6)c6ccccc6)c5)c4)c3)nc(-c3ccccc3)n2)cc1. The van der Waals surface area contributed by atoms with E-state index in [2.05, 4.69) is 218 Å². The number of hydrogen-bond donors (Lipinski definition) is 0. The number of benzene rings is 9. The molecule has 9 aromatic carbocycles. The molecule has 1 heterocycles. The molecule has 0 unspecified atom stereocenters. The number of aromatic nitrogens is 2. The van der Waals surface area contributed by atoms with Crippen molar-refractivity contribution in [2.45, 2.75) is 5.41 Å². The highest BCUT2D eigenvalue weighted by molar-refractivity contribution is 5.89. The molecule has 61 heavy (non-hydrogen) atoms. The summed E-state index contributed by atoms with van der Waals surface area (Å²) in [5.74, 6) is 0.712. The van der Waals surface area contributed by atoms with Crippen molar-refractivity contribution in [2.24, 2.45) is 0 Å². The molecule has 0 atom stereocenters. The van der Waals surface area contributed by atoms with Gasteiger partial charge in [0.2, 0.25) is 0 Å². The Hall–Kier alpha value is -7.94. The first kappa shape index (κ1) is 36.2. The van der Waals surface area contributed by atoms with Crippen LogP contribution in [-0.2, 0) is 5.41 Å². The summed E-state index contributed by atoms with van der Waals surface area (Å²) in [4.78, 5) is 10.1. The van der Waals surface area contributed by atoms with E-state index in [0.29, 0.717) is 5.82 Å². The third-order valence-electron chi connectivity index (χ3n) is 12.2. The average Bonchev–Trinajstić information content (AvgIpc) is 3.65. The lowest BCUT2D eigenvalue weighted by atomic mass is 9.67. The molecule has 1 aliphatic carbocycles. The van der Waals surface area contributed by atoms with Gasteiger partial charge in [-0.05, 0) is 97.1 Å². The molecule has 1 aromatic heterocycles. The molecule has 1 aliphatic rings. The largest absolute Gasteiger partial charge is 0.228 e. The van der Waals surface area contributed by atoms with Crippen molar-refractivity contribution >= 4 is 0 Å². The van der Waals surface area contributed by atoms with Crippen molar-refractivity contribution in [1.82, 2.24) is 9.97 Å². The topological polar surface area (TPSA) is 25.8 Å². The molecule has 2 nitrogen and oxygen atoms in total. The van der Waals surface area contributed by atoms with Crippen LogP contribution in [0.5, 0.6) is 0 Å². The van der Waals surface area contributed by atoms with E-state index >= 15 is 0 Å². The number of nitrogens with zero attached hydrogens (tertiary/aromatic N) is 2. The van der Waals surface area contributed by atoms with E-state index in [1.54, 1.807) is 0 Å². The van der Waals surface area contributed by atoms with Gasteiger partial charge in [0.15, 0.2) is 5.82 Å². The van der Waals surface area contributed by atoms with Crippen LogP contribution in [0.25, 0.3) is 78.4 Å². The molecule has 0 saturated carbocycles. The minimum atomic E-state index is -0.408. The minimum absolute atomic E-state index is 0.408. The van der Waals surface area contributed by atoms with Gasteiger partial charge in [-0.2, -0.15) is 0 Å². The van der Waals surface area contributed by atoms with Gasteiger partial charge < -0.3 is 0 Å². The third kappa shape index (κ3) is 6.46. The summed E-state index contributed by atoms with van der Waals surface area (Å²) in [6.45, 7) is 0. The van der Waals surface area contributed by atoms with E-state index < -0.39 is 5.41 Å². The first-order chi connectivity index (χ1) is 30.2. The van der Waals surface area contributed by atoms with E-state index in [9.17, 15) is 0 Å². The Balaban J connectivity index is 0.957. The number of fused-ring (bicyclic) bond motifs is 3. The first-order valence-electron chi connectivity index (χ1n) is 20.9. The minimum Gasteiger partial charge on any atom is -0.228 e. The monoisotopic (exact) mass is 776 g/mol. The molecule has 10 aromatic rings. The molecule has 0 spiro atoms. The van der Waals surface area contributed by atoms with Crippen LogP contribution in [0, 0.1) is 0 Å². The van der Waals surface area contributed by atoms with Crippen molar-refractivity contribution in [3.63, 3.8) is 0 Å². The van der Waals surface area contributed by atoms with Crippen LogP contribution >= 0.6 is 0 Å². The summed E-state index contributed by atoms with van der Waals surface area (Å²) in [6.07, 6.45) is 0. The van der Waals surface area contributed by atoms with E-state index in [-0.39, 0.29) is 0 Å². The number of rotatable bonds is 8. The highest BCUT2D eigenvalue weighted by Gasteiger charge is 2.45. The Kier molecular flexibility index (Phi) is 9.09. The van der Waals surface area contributed by atoms with E-state index in [0.717, 1.165) is 39.2 Å². The molecule has 0 N–H and O–H groups in total. The van der Waals surface area contributed by atoms with Gasteiger partial charge in [0, 0.05) is 16.7 Å². The molecule has 286 valence electrons. The first-order valence-corrected chi connectivity index (χ1v) is 20.9. The van der Waals surface area contributed by atoms with E-state index in [1.807, 2.05) is 24.3 Å². The van der Waals surface area contributed by atoms with Crippen LogP contribution < -0.4 is 0 Å². The van der Waals surface area contributed by atoms with Gasteiger partial charge in [-0.15, -0.1) is 0 Å². The maximum Gasteiger partial charge on any atom is 0.160 e. The fourth-order valence-electron chi connectivity index (χ4n) is 9.31. The predicted octanol–water partition coefficient (Wildman–Crippen LogP) is 14.8. The Bertz CT molecular complexity index is 3080. The van der Waals surface area contributed by atoms with Gasteiger partial charge in [-0.1, -0.05) is 212 Å². The van der Waals surface area contributed by atoms with Crippen LogP contribution in [0.2, 0.25) is 0 Å². The number of hydrogen-bond acceptors (Lipinski definition) is 2. The van der Waals surface area contributed by atoms with Gasteiger partial charge in [-0.3, -0.25) is 0 Å². The maximum absolute atomic E-state index is 5.10. The summed E-state index contributed by atoms with van der Waals surface area (Å²) in [6, 6.07) is 87.2. The lowest BCUT2D eigenvalue weighted by Crippen LogP contribution is -2.28. The molecular weight excluding hydrogens is 737 g/mol. The van der Waals surface area contributed by atoms with Crippen LogP contribution in [0.15, 0.2) is 243 Å². The summed E-state index contributed by atoms with van der Waals surface area (Å²) < 4.78 is 0. The van der Waals surface area contributed by atoms with E-state index in [1.165, 1.54) is 55.6 Å². The zero-order valence-electron chi connectivity index (χ0n) is 33.5. The Morgan fingerprint density at radius 3 is 1.20 bits per heavy atom. The average molecular weight is 777 g/mol. The summed E-state index contributed by atoms with van der Waals surface area (Å²) in [7, 11) is 0. The normalized spacial score (nSPS) is 12.4. The summed E-state index contributed by atoms with van der Waals surface area (Å²) in [5.41, 5.74) is 19.3. The van der Waals surface area contributed by atoms with Gasteiger partial charge in [0.25, 0.3) is 0 Å². The molecule has 0 saturated heterocycles. The highest BCUT2D eigenvalue weighted by atomic mass is 14.9. The molecule has 11 rings (SSSR count). The molecule has 0 amide bonds. The Morgan fingerprint density at radius 1 is 0.246 bits per heavy atom. The highest BCUT2D eigenvalue weighted by Crippen LogP contribution is 2.56. The van der Waals surface area contributed by atoms with Crippen molar-refractivity contribution < 1.29 is 0 Å². The van der Waals surface area contributed by atoms with Gasteiger partial charge >= 0.3 is 0 Å². The van der Waals surface area contributed by atoms with Gasteiger partial charge in [-0.25, -0.2) is 9.97 Å². The van der Waals surface area contributed by atoms with E-state index in [4.69, 9.17) is 9.97 Å². The van der Waals surface area contributed by atoms with Crippen molar-refractivity contribution in [3.05, 3.63) is 265 Å². The smallest absolute Gasteiger partial charge is 0.160 e. The maximum atomic E-state index is 5.10. The molecule has 0 fully saturated rings. The fourth-order valence-corrected chi connectivity index (χ4v) is 9.31.